The van der Waals surface area contributed by atoms with E-state index in [1.54, 1.807) is 30.7 Å². The van der Waals surface area contributed by atoms with Crippen LogP contribution >= 0.6 is 0 Å². The number of carbonyl (C=O) groups is 1. The highest BCUT2D eigenvalue weighted by atomic mass is 16.5. The van der Waals surface area contributed by atoms with E-state index in [1.165, 1.54) is 0 Å². The monoisotopic (exact) mass is 435 g/mol. The summed E-state index contributed by atoms with van der Waals surface area (Å²) >= 11 is 0. The van der Waals surface area contributed by atoms with Crippen LogP contribution in [0.1, 0.15) is 21.7 Å². The molecule has 0 spiro atoms. The molecule has 0 saturated heterocycles. The van der Waals surface area contributed by atoms with Crippen molar-refractivity contribution in [1.82, 2.24) is 24.8 Å². The third kappa shape index (κ3) is 4.29. The van der Waals surface area contributed by atoms with Gasteiger partial charge < -0.3 is 10.1 Å². The fraction of sp³-hybridized carbons (Fsp3) is 0.0769. The van der Waals surface area contributed by atoms with Gasteiger partial charge in [-0.15, -0.1) is 0 Å². The number of nitrogens with one attached hydrogen (secondary N) is 1. The standard InChI is InChI=1S/C26H21N5O2/c1-18-30-23-17-27-15-13-24(23)31(18)20-9-11-21(12-10-20)33-26-22(8-5-14-28-26)25(32)29-16-19-6-3-2-4-7-19/h2-15,17H,16H2,1H3,(H,29,32). The first-order valence-corrected chi connectivity index (χ1v) is 10.5. The van der Waals surface area contributed by atoms with Crippen molar-refractivity contribution in [2.45, 2.75) is 13.5 Å². The quantitative estimate of drug-likeness (QED) is 0.412. The lowest BCUT2D eigenvalue weighted by Crippen LogP contribution is -2.23. The van der Waals surface area contributed by atoms with Crippen LogP contribution in [0.2, 0.25) is 0 Å². The molecule has 2 aromatic carbocycles. The van der Waals surface area contributed by atoms with E-state index >= 15 is 0 Å². The number of hydrogen-bond acceptors (Lipinski definition) is 5. The molecule has 7 heteroatoms. The predicted octanol–water partition coefficient (Wildman–Crippen LogP) is 4.85. The van der Waals surface area contributed by atoms with Gasteiger partial charge in [0.2, 0.25) is 5.88 Å². The van der Waals surface area contributed by atoms with Gasteiger partial charge in [0.15, 0.2) is 0 Å². The lowest BCUT2D eigenvalue weighted by molar-refractivity contribution is 0.0948. The van der Waals surface area contributed by atoms with Crippen molar-refractivity contribution in [2.75, 3.05) is 0 Å². The van der Waals surface area contributed by atoms with Gasteiger partial charge >= 0.3 is 0 Å². The zero-order valence-corrected chi connectivity index (χ0v) is 18.0. The molecule has 0 aliphatic heterocycles. The number of hydrogen-bond donors (Lipinski definition) is 1. The molecule has 0 saturated carbocycles. The van der Waals surface area contributed by atoms with E-state index in [2.05, 4.69) is 24.8 Å². The molecular formula is C26H21N5O2. The average Bonchev–Trinajstić information content (AvgIpc) is 3.20. The van der Waals surface area contributed by atoms with Gasteiger partial charge in [0.1, 0.15) is 22.7 Å². The predicted molar refractivity (Wildman–Crippen MR) is 126 cm³/mol. The number of aromatic nitrogens is 4. The summed E-state index contributed by atoms with van der Waals surface area (Å²) in [5.41, 5.74) is 4.18. The minimum absolute atomic E-state index is 0.243. The molecule has 0 fully saturated rings. The number of rotatable bonds is 6. The van der Waals surface area contributed by atoms with Crippen LogP contribution in [-0.4, -0.2) is 25.4 Å². The van der Waals surface area contributed by atoms with E-state index in [9.17, 15) is 4.79 Å². The molecule has 162 valence electrons. The highest BCUT2D eigenvalue weighted by Gasteiger charge is 2.15. The largest absolute Gasteiger partial charge is 0.438 e. The molecule has 0 radical (unpaired) electrons. The van der Waals surface area contributed by atoms with Gasteiger partial charge in [0.25, 0.3) is 5.91 Å². The van der Waals surface area contributed by atoms with Crippen molar-refractivity contribution in [1.29, 1.82) is 0 Å². The molecule has 33 heavy (non-hydrogen) atoms. The van der Waals surface area contributed by atoms with Gasteiger partial charge in [0.05, 0.1) is 11.7 Å². The summed E-state index contributed by atoms with van der Waals surface area (Å²) in [6, 6.07) is 22.7. The Balaban J connectivity index is 1.35. The van der Waals surface area contributed by atoms with Crippen LogP contribution in [0, 0.1) is 6.92 Å². The van der Waals surface area contributed by atoms with Crippen molar-refractivity contribution in [2.24, 2.45) is 0 Å². The van der Waals surface area contributed by atoms with Gasteiger partial charge in [-0.1, -0.05) is 30.3 Å². The lowest BCUT2D eigenvalue weighted by Gasteiger charge is -2.12. The van der Waals surface area contributed by atoms with Gasteiger partial charge in [-0.3, -0.25) is 14.3 Å². The van der Waals surface area contributed by atoms with E-state index in [1.807, 2.05) is 67.6 Å². The highest BCUT2D eigenvalue weighted by molar-refractivity contribution is 5.96. The number of amides is 1. The third-order valence-corrected chi connectivity index (χ3v) is 5.25. The van der Waals surface area contributed by atoms with Crippen LogP contribution in [0.25, 0.3) is 16.7 Å². The number of imidazole rings is 1. The maximum absolute atomic E-state index is 12.8. The summed E-state index contributed by atoms with van der Waals surface area (Å²) in [6.07, 6.45) is 5.11. The summed E-state index contributed by atoms with van der Waals surface area (Å²) in [5.74, 6) is 1.46. The van der Waals surface area contributed by atoms with E-state index in [0.717, 1.165) is 28.1 Å². The van der Waals surface area contributed by atoms with Gasteiger partial charge in [-0.25, -0.2) is 9.97 Å². The Morgan fingerprint density at radius 2 is 1.79 bits per heavy atom. The molecule has 5 rings (SSSR count). The first-order chi connectivity index (χ1) is 16.2. The molecule has 1 N–H and O–H groups in total. The van der Waals surface area contributed by atoms with Crippen LogP contribution in [0.5, 0.6) is 11.6 Å². The molecule has 0 aliphatic rings. The van der Waals surface area contributed by atoms with Crippen molar-refractivity contribution in [3.05, 3.63) is 108 Å². The number of benzene rings is 2. The summed E-state index contributed by atoms with van der Waals surface area (Å²) < 4.78 is 8.03. The Kier molecular flexibility index (Phi) is 5.51. The molecule has 5 aromatic rings. The number of fused-ring (bicyclic) bond motifs is 1. The van der Waals surface area contributed by atoms with E-state index in [4.69, 9.17) is 4.74 Å². The van der Waals surface area contributed by atoms with Crippen LogP contribution in [0.15, 0.2) is 91.4 Å². The normalized spacial score (nSPS) is 10.8. The third-order valence-electron chi connectivity index (χ3n) is 5.25. The van der Waals surface area contributed by atoms with Crippen LogP contribution in [0.3, 0.4) is 0 Å². The summed E-state index contributed by atoms with van der Waals surface area (Å²) in [6.45, 7) is 2.38. The fourth-order valence-electron chi connectivity index (χ4n) is 3.67. The number of nitrogens with zero attached hydrogens (tertiary/aromatic N) is 4. The average molecular weight is 435 g/mol. The van der Waals surface area contributed by atoms with E-state index in [0.29, 0.717) is 17.9 Å². The SMILES string of the molecule is Cc1nc2cnccc2n1-c1ccc(Oc2ncccc2C(=O)NCc2ccccc2)cc1. The highest BCUT2D eigenvalue weighted by Crippen LogP contribution is 2.26. The first kappa shape index (κ1) is 20.4. The van der Waals surface area contributed by atoms with Crippen molar-refractivity contribution in [3.63, 3.8) is 0 Å². The van der Waals surface area contributed by atoms with Crippen LogP contribution < -0.4 is 10.1 Å². The molecule has 3 heterocycles. The maximum atomic E-state index is 12.8. The van der Waals surface area contributed by atoms with E-state index < -0.39 is 0 Å². The number of ether oxygens (including phenoxy) is 1. The van der Waals surface area contributed by atoms with Crippen molar-refractivity contribution < 1.29 is 9.53 Å². The smallest absolute Gasteiger partial charge is 0.257 e. The molecule has 1 amide bonds. The Morgan fingerprint density at radius 1 is 0.970 bits per heavy atom. The topological polar surface area (TPSA) is 81.9 Å². The Hall–Kier alpha value is -4.52. The van der Waals surface area contributed by atoms with Crippen molar-refractivity contribution in [3.8, 4) is 17.3 Å². The molecule has 0 aliphatic carbocycles. The maximum Gasteiger partial charge on any atom is 0.257 e. The Bertz CT molecular complexity index is 1410. The summed E-state index contributed by atoms with van der Waals surface area (Å²) in [7, 11) is 0. The summed E-state index contributed by atoms with van der Waals surface area (Å²) in [4.78, 5) is 25.7. The zero-order valence-electron chi connectivity index (χ0n) is 18.0. The second-order valence-corrected chi connectivity index (χ2v) is 7.48. The Labute approximate surface area is 190 Å². The number of carbonyl (C=O) groups excluding carboxylic acids is 1. The number of aryl methyl sites for hydroxylation is 1. The molecule has 7 nitrogen and oxygen atoms in total. The van der Waals surface area contributed by atoms with Crippen LogP contribution in [0.4, 0.5) is 0 Å². The van der Waals surface area contributed by atoms with Crippen LogP contribution in [-0.2, 0) is 6.54 Å². The van der Waals surface area contributed by atoms with Gasteiger partial charge in [-0.2, -0.15) is 0 Å². The number of pyridine rings is 2. The zero-order chi connectivity index (χ0) is 22.6. The summed E-state index contributed by atoms with van der Waals surface area (Å²) in [5, 5.41) is 2.92. The molecule has 0 unspecified atom stereocenters. The van der Waals surface area contributed by atoms with Gasteiger partial charge in [-0.05, 0) is 55.0 Å². The minimum atomic E-state index is -0.243. The molecule has 0 atom stereocenters. The van der Waals surface area contributed by atoms with E-state index in [-0.39, 0.29) is 11.8 Å². The van der Waals surface area contributed by atoms with Crippen molar-refractivity contribution >= 4 is 16.9 Å². The Morgan fingerprint density at radius 3 is 2.61 bits per heavy atom. The minimum Gasteiger partial charge on any atom is -0.438 e. The van der Waals surface area contributed by atoms with Gasteiger partial charge in [0, 0.05) is 24.6 Å². The molecular weight excluding hydrogens is 414 g/mol. The molecule has 3 aromatic heterocycles. The second kappa shape index (κ2) is 8.92. The molecule has 0 bridgehead atoms. The second-order valence-electron chi connectivity index (χ2n) is 7.48. The fourth-order valence-corrected chi connectivity index (χ4v) is 3.67. The first-order valence-electron chi connectivity index (χ1n) is 10.5. The lowest BCUT2D eigenvalue weighted by atomic mass is 10.2.